The van der Waals surface area contributed by atoms with Crippen molar-refractivity contribution in [3.05, 3.63) is 11.9 Å². The van der Waals surface area contributed by atoms with Crippen molar-refractivity contribution in [3.8, 4) is 0 Å². The number of aliphatic carboxylic acids is 1. The highest BCUT2D eigenvalue weighted by molar-refractivity contribution is 7.99. The van der Waals surface area contributed by atoms with E-state index in [9.17, 15) is 4.79 Å². The first-order valence-electron chi connectivity index (χ1n) is 6.83. The van der Waals surface area contributed by atoms with E-state index in [0.717, 1.165) is 56.7 Å². The molecule has 2 rings (SSSR count). The van der Waals surface area contributed by atoms with E-state index in [0.29, 0.717) is 0 Å². The quantitative estimate of drug-likeness (QED) is 0.760. The van der Waals surface area contributed by atoms with Gasteiger partial charge in [0, 0.05) is 38.1 Å². The van der Waals surface area contributed by atoms with Gasteiger partial charge in [-0.1, -0.05) is 11.8 Å². The average molecular weight is 299 g/mol. The fourth-order valence-corrected chi connectivity index (χ4v) is 3.00. The van der Waals surface area contributed by atoms with Crippen molar-refractivity contribution >= 4 is 17.7 Å². The standard InChI is InChI=1S/C13H21N3O3S/c1-11-9-14-13(20-10-12(17)18)16(11)4-2-3-15-5-7-19-8-6-15/h9H,2-8,10H2,1H3,(H,17,18). The van der Waals surface area contributed by atoms with E-state index in [-0.39, 0.29) is 5.75 Å². The Labute approximate surface area is 123 Å². The van der Waals surface area contributed by atoms with Crippen LogP contribution >= 0.6 is 11.8 Å². The number of morpholine rings is 1. The molecule has 0 spiro atoms. The number of carbonyl (C=O) groups is 1. The van der Waals surface area contributed by atoms with Crippen LogP contribution in [0.15, 0.2) is 11.4 Å². The van der Waals surface area contributed by atoms with Crippen molar-refractivity contribution < 1.29 is 14.6 Å². The summed E-state index contributed by atoms with van der Waals surface area (Å²) in [5, 5.41) is 9.54. The lowest BCUT2D eigenvalue weighted by atomic mass is 10.3. The van der Waals surface area contributed by atoms with Crippen LogP contribution in [0.25, 0.3) is 0 Å². The van der Waals surface area contributed by atoms with Crippen molar-refractivity contribution in [1.82, 2.24) is 14.5 Å². The van der Waals surface area contributed by atoms with Crippen LogP contribution in [0.4, 0.5) is 0 Å². The fraction of sp³-hybridized carbons (Fsp3) is 0.692. The van der Waals surface area contributed by atoms with Crippen molar-refractivity contribution in [2.24, 2.45) is 0 Å². The van der Waals surface area contributed by atoms with Crippen LogP contribution in [0, 0.1) is 6.92 Å². The van der Waals surface area contributed by atoms with Crippen LogP contribution < -0.4 is 0 Å². The molecule has 0 atom stereocenters. The lowest BCUT2D eigenvalue weighted by Gasteiger charge is -2.26. The van der Waals surface area contributed by atoms with Crippen LogP contribution in [0.2, 0.25) is 0 Å². The minimum atomic E-state index is -0.810. The highest BCUT2D eigenvalue weighted by atomic mass is 32.2. The summed E-state index contributed by atoms with van der Waals surface area (Å²) in [6, 6.07) is 0. The molecule has 0 radical (unpaired) electrons. The largest absolute Gasteiger partial charge is 0.481 e. The predicted octanol–water partition coefficient (Wildman–Crippen LogP) is 1.09. The predicted molar refractivity (Wildman–Crippen MR) is 77.2 cm³/mol. The van der Waals surface area contributed by atoms with E-state index in [1.165, 1.54) is 11.8 Å². The van der Waals surface area contributed by atoms with Crippen LogP contribution in [0.5, 0.6) is 0 Å². The summed E-state index contributed by atoms with van der Waals surface area (Å²) in [4.78, 5) is 17.3. The summed E-state index contributed by atoms with van der Waals surface area (Å²) in [5.41, 5.74) is 1.08. The first-order chi connectivity index (χ1) is 9.66. The van der Waals surface area contributed by atoms with E-state index >= 15 is 0 Å². The van der Waals surface area contributed by atoms with Gasteiger partial charge in [0.15, 0.2) is 5.16 Å². The molecule has 1 aromatic rings. The number of ether oxygens (including phenoxy) is 1. The van der Waals surface area contributed by atoms with Crippen LogP contribution in [-0.2, 0) is 16.1 Å². The maximum absolute atomic E-state index is 10.6. The molecular formula is C13H21N3O3S. The maximum Gasteiger partial charge on any atom is 0.313 e. The molecule has 1 aliphatic rings. The van der Waals surface area contributed by atoms with Crippen molar-refractivity contribution in [2.45, 2.75) is 25.0 Å². The normalized spacial score (nSPS) is 16.4. The Hall–Kier alpha value is -1.05. The van der Waals surface area contributed by atoms with Gasteiger partial charge in [-0.15, -0.1) is 0 Å². The number of aromatic nitrogens is 2. The fourth-order valence-electron chi connectivity index (χ4n) is 2.23. The summed E-state index contributed by atoms with van der Waals surface area (Å²) in [5.74, 6) is -0.754. The number of carboxylic acids is 1. The van der Waals surface area contributed by atoms with E-state index in [4.69, 9.17) is 9.84 Å². The molecule has 1 fully saturated rings. The van der Waals surface area contributed by atoms with Crippen molar-refractivity contribution in [1.29, 1.82) is 0 Å². The number of hydrogen-bond donors (Lipinski definition) is 1. The van der Waals surface area contributed by atoms with Gasteiger partial charge in [-0.3, -0.25) is 9.69 Å². The minimum absolute atomic E-state index is 0.0555. The molecule has 1 aliphatic heterocycles. The molecular weight excluding hydrogens is 278 g/mol. The van der Waals surface area contributed by atoms with Gasteiger partial charge in [0.2, 0.25) is 0 Å². The number of rotatable bonds is 7. The van der Waals surface area contributed by atoms with E-state index in [1.54, 1.807) is 6.20 Å². The maximum atomic E-state index is 10.6. The number of aryl methyl sites for hydroxylation is 1. The molecule has 1 aromatic heterocycles. The smallest absolute Gasteiger partial charge is 0.313 e. The second kappa shape index (κ2) is 7.66. The monoisotopic (exact) mass is 299 g/mol. The van der Waals surface area contributed by atoms with Gasteiger partial charge in [0.05, 0.1) is 19.0 Å². The SMILES string of the molecule is Cc1cnc(SCC(=O)O)n1CCCN1CCOCC1. The Bertz CT molecular complexity index is 444. The molecule has 6 nitrogen and oxygen atoms in total. The zero-order valence-electron chi connectivity index (χ0n) is 11.7. The third-order valence-corrected chi connectivity index (χ3v) is 4.28. The molecule has 0 saturated carbocycles. The van der Waals surface area contributed by atoms with Crippen molar-refractivity contribution in [2.75, 3.05) is 38.6 Å². The molecule has 0 aromatic carbocycles. The van der Waals surface area contributed by atoms with Gasteiger partial charge in [0.1, 0.15) is 0 Å². The number of hydrogen-bond acceptors (Lipinski definition) is 5. The summed E-state index contributed by atoms with van der Waals surface area (Å²) in [6.45, 7) is 7.59. The second-order valence-electron chi connectivity index (χ2n) is 4.82. The lowest BCUT2D eigenvalue weighted by molar-refractivity contribution is -0.133. The zero-order chi connectivity index (χ0) is 14.4. The van der Waals surface area contributed by atoms with Crippen molar-refractivity contribution in [3.63, 3.8) is 0 Å². The molecule has 0 aliphatic carbocycles. The molecule has 0 bridgehead atoms. The third-order valence-electron chi connectivity index (χ3n) is 3.30. The van der Waals surface area contributed by atoms with Gasteiger partial charge in [-0.2, -0.15) is 0 Å². The highest BCUT2D eigenvalue weighted by Crippen LogP contribution is 2.18. The molecule has 2 heterocycles. The zero-order valence-corrected chi connectivity index (χ0v) is 12.6. The van der Waals surface area contributed by atoms with Crippen LogP contribution in [0.1, 0.15) is 12.1 Å². The van der Waals surface area contributed by atoms with Crippen LogP contribution in [0.3, 0.4) is 0 Å². The molecule has 0 unspecified atom stereocenters. The Morgan fingerprint density at radius 1 is 1.45 bits per heavy atom. The van der Waals surface area contributed by atoms with Crippen LogP contribution in [-0.4, -0.2) is 64.1 Å². The molecule has 1 N–H and O–H groups in total. The van der Waals surface area contributed by atoms with Gasteiger partial charge < -0.3 is 14.4 Å². The summed E-state index contributed by atoms with van der Waals surface area (Å²) < 4.78 is 7.43. The summed E-state index contributed by atoms with van der Waals surface area (Å²) in [7, 11) is 0. The van der Waals surface area contributed by atoms with E-state index in [1.807, 2.05) is 6.92 Å². The molecule has 112 valence electrons. The third kappa shape index (κ3) is 4.50. The van der Waals surface area contributed by atoms with Gasteiger partial charge in [-0.25, -0.2) is 4.98 Å². The Morgan fingerprint density at radius 3 is 2.90 bits per heavy atom. The topological polar surface area (TPSA) is 67.6 Å². The number of imidazole rings is 1. The lowest BCUT2D eigenvalue weighted by Crippen LogP contribution is -2.37. The van der Waals surface area contributed by atoms with E-state index < -0.39 is 5.97 Å². The first-order valence-corrected chi connectivity index (χ1v) is 7.82. The van der Waals surface area contributed by atoms with E-state index in [2.05, 4.69) is 14.5 Å². The summed E-state index contributed by atoms with van der Waals surface area (Å²) in [6.07, 6.45) is 2.84. The molecule has 0 amide bonds. The molecule has 1 saturated heterocycles. The van der Waals surface area contributed by atoms with Gasteiger partial charge in [-0.05, 0) is 13.3 Å². The first kappa shape index (κ1) is 15.3. The highest BCUT2D eigenvalue weighted by Gasteiger charge is 2.12. The Morgan fingerprint density at radius 2 is 2.20 bits per heavy atom. The average Bonchev–Trinajstić information content (AvgIpc) is 2.79. The van der Waals surface area contributed by atoms with Gasteiger partial charge >= 0.3 is 5.97 Å². The molecule has 20 heavy (non-hydrogen) atoms. The molecule has 7 heteroatoms. The minimum Gasteiger partial charge on any atom is -0.481 e. The Balaban J connectivity index is 1.81. The van der Waals surface area contributed by atoms with Gasteiger partial charge in [0.25, 0.3) is 0 Å². The number of thioether (sulfide) groups is 1. The number of carboxylic acid groups (broad SMARTS) is 1. The Kier molecular flexibility index (Phi) is 5.87. The number of nitrogens with zero attached hydrogens (tertiary/aromatic N) is 3. The summed E-state index contributed by atoms with van der Waals surface area (Å²) >= 11 is 1.28. The second-order valence-corrected chi connectivity index (χ2v) is 5.77.